The van der Waals surface area contributed by atoms with E-state index in [1.165, 1.54) is 6.33 Å². The Kier molecular flexibility index (Phi) is 4.64. The third-order valence-corrected chi connectivity index (χ3v) is 4.98. The maximum absolute atomic E-state index is 12.4. The first-order chi connectivity index (χ1) is 11.7. The Balaban J connectivity index is 1.71. The number of hydrogen-bond donors (Lipinski definition) is 1. The van der Waals surface area contributed by atoms with Gasteiger partial charge in [-0.1, -0.05) is 0 Å². The molecule has 1 aliphatic rings. The van der Waals surface area contributed by atoms with Crippen molar-refractivity contribution in [1.82, 2.24) is 24.5 Å². The fraction of sp³-hybridized carbons (Fsp3) is 0.462. The van der Waals surface area contributed by atoms with Crippen molar-refractivity contribution in [1.29, 1.82) is 0 Å². The third kappa shape index (κ3) is 4.25. The van der Waals surface area contributed by atoms with Gasteiger partial charge in [-0.25, -0.2) is 27.8 Å². The lowest BCUT2D eigenvalue weighted by atomic mass is 10.1. The van der Waals surface area contributed by atoms with Crippen molar-refractivity contribution in [3.8, 4) is 5.88 Å². The predicted octanol–water partition coefficient (Wildman–Crippen LogP) is 1.43. The maximum atomic E-state index is 12.4. The van der Waals surface area contributed by atoms with Crippen molar-refractivity contribution in [3.05, 3.63) is 30.5 Å². The Morgan fingerprint density at radius 3 is 2.80 bits per heavy atom. The summed E-state index contributed by atoms with van der Waals surface area (Å²) in [6.07, 6.45) is -0.882. The summed E-state index contributed by atoms with van der Waals surface area (Å²) in [4.78, 5) is 7.48. The highest BCUT2D eigenvalue weighted by molar-refractivity contribution is 7.89. The molecule has 25 heavy (non-hydrogen) atoms. The maximum Gasteiger partial charge on any atom is 0.422 e. The van der Waals surface area contributed by atoms with Gasteiger partial charge in [0.25, 0.3) is 0 Å². The van der Waals surface area contributed by atoms with E-state index in [0.29, 0.717) is 18.8 Å². The number of aromatic nitrogens is 4. The van der Waals surface area contributed by atoms with Gasteiger partial charge in [0.05, 0.1) is 12.2 Å². The zero-order chi connectivity index (χ0) is 18.1. The summed E-state index contributed by atoms with van der Waals surface area (Å²) < 4.78 is 69.7. The Labute approximate surface area is 141 Å². The van der Waals surface area contributed by atoms with E-state index in [0.717, 1.165) is 24.8 Å². The molecule has 0 fully saturated rings. The fourth-order valence-electron chi connectivity index (χ4n) is 2.42. The number of aryl methyl sites for hydroxylation is 1. The van der Waals surface area contributed by atoms with Crippen LogP contribution in [0.4, 0.5) is 13.2 Å². The average Bonchev–Trinajstić information content (AvgIpc) is 3.02. The number of sulfonamides is 1. The molecule has 1 N–H and O–H groups in total. The van der Waals surface area contributed by atoms with Crippen molar-refractivity contribution < 1.29 is 26.3 Å². The van der Waals surface area contributed by atoms with Crippen molar-refractivity contribution >= 4 is 10.0 Å². The molecule has 0 radical (unpaired) electrons. The van der Waals surface area contributed by atoms with Crippen LogP contribution in [0.15, 0.2) is 29.6 Å². The highest BCUT2D eigenvalue weighted by Crippen LogP contribution is 2.25. The number of halogens is 3. The van der Waals surface area contributed by atoms with Gasteiger partial charge in [0.1, 0.15) is 17.0 Å². The van der Waals surface area contributed by atoms with E-state index < -0.39 is 28.8 Å². The zero-order valence-electron chi connectivity index (χ0n) is 12.8. The molecule has 2 aromatic heterocycles. The van der Waals surface area contributed by atoms with Gasteiger partial charge >= 0.3 is 6.18 Å². The second-order valence-electron chi connectivity index (χ2n) is 5.39. The van der Waals surface area contributed by atoms with Crippen molar-refractivity contribution in [2.45, 2.75) is 36.5 Å². The number of ether oxygens (including phenoxy) is 1. The van der Waals surface area contributed by atoms with Crippen LogP contribution in [0.3, 0.4) is 0 Å². The van der Waals surface area contributed by atoms with Crippen LogP contribution in [0.5, 0.6) is 5.88 Å². The molecule has 0 unspecified atom stereocenters. The summed E-state index contributed by atoms with van der Waals surface area (Å²) >= 11 is 0. The van der Waals surface area contributed by atoms with Gasteiger partial charge in [-0.2, -0.15) is 18.3 Å². The second kappa shape index (κ2) is 6.59. The first-order valence-electron chi connectivity index (χ1n) is 7.30. The monoisotopic (exact) mass is 377 g/mol. The van der Waals surface area contributed by atoms with Crippen molar-refractivity contribution in [2.75, 3.05) is 6.61 Å². The number of alkyl halides is 3. The fourth-order valence-corrected chi connectivity index (χ4v) is 3.60. The summed E-state index contributed by atoms with van der Waals surface area (Å²) in [5, 5.41) is 4.01. The van der Waals surface area contributed by atoms with Gasteiger partial charge in [-0.15, -0.1) is 0 Å². The lowest BCUT2D eigenvalue weighted by Crippen LogP contribution is -2.33. The number of nitrogens with one attached hydrogen (secondary N) is 1. The molecule has 0 saturated carbocycles. The number of hydrogen-bond acceptors (Lipinski definition) is 6. The number of pyridine rings is 1. The van der Waals surface area contributed by atoms with Gasteiger partial charge in [0.15, 0.2) is 6.61 Å². The van der Waals surface area contributed by atoms with E-state index in [9.17, 15) is 21.6 Å². The Morgan fingerprint density at radius 2 is 2.12 bits per heavy atom. The lowest BCUT2D eigenvalue weighted by molar-refractivity contribution is -0.154. The van der Waals surface area contributed by atoms with Crippen molar-refractivity contribution in [2.24, 2.45) is 0 Å². The molecule has 0 aliphatic carbocycles. The van der Waals surface area contributed by atoms with Crippen LogP contribution in [-0.4, -0.2) is 40.9 Å². The van der Waals surface area contributed by atoms with E-state index in [1.54, 1.807) is 4.68 Å². The van der Waals surface area contributed by atoms with Gasteiger partial charge < -0.3 is 4.74 Å². The van der Waals surface area contributed by atoms with Crippen LogP contribution >= 0.6 is 0 Å². The van der Waals surface area contributed by atoms with E-state index >= 15 is 0 Å². The van der Waals surface area contributed by atoms with Crippen LogP contribution < -0.4 is 9.46 Å². The van der Waals surface area contributed by atoms with Gasteiger partial charge in [-0.3, -0.25) is 0 Å². The Hall–Kier alpha value is -2.21. The minimum absolute atomic E-state index is 0.177. The molecule has 0 aromatic carbocycles. The van der Waals surface area contributed by atoms with E-state index in [-0.39, 0.29) is 10.8 Å². The zero-order valence-corrected chi connectivity index (χ0v) is 13.6. The van der Waals surface area contributed by atoms with E-state index in [1.807, 2.05) is 0 Å². The minimum Gasteiger partial charge on any atom is -0.468 e. The number of rotatable bonds is 5. The van der Waals surface area contributed by atoms with Gasteiger partial charge in [0.2, 0.25) is 15.9 Å². The standard InChI is InChI=1S/C13H14F3N5O3S/c14-13(15,16)7-24-11-4-3-9(6-17-11)25(22,23)20-10-2-1-5-21-12(10)18-8-19-21/h3-4,6,8,10,20H,1-2,5,7H2/t10-/m1/s1. The summed E-state index contributed by atoms with van der Waals surface area (Å²) in [7, 11) is -3.91. The van der Waals surface area contributed by atoms with E-state index in [2.05, 4.69) is 24.5 Å². The minimum atomic E-state index is -4.50. The molecule has 3 heterocycles. The highest BCUT2D eigenvalue weighted by atomic mass is 32.2. The molecule has 12 heteroatoms. The largest absolute Gasteiger partial charge is 0.468 e. The SMILES string of the molecule is O=S(=O)(N[C@@H]1CCCn2ncnc21)c1ccc(OCC(F)(F)F)nc1. The average molecular weight is 377 g/mol. The first-order valence-corrected chi connectivity index (χ1v) is 8.78. The summed E-state index contributed by atoms with van der Waals surface area (Å²) in [5.74, 6) is 0.210. The molecule has 1 aliphatic heterocycles. The normalized spacial score (nSPS) is 18.0. The molecule has 1 atom stereocenters. The smallest absolute Gasteiger partial charge is 0.422 e. The molecule has 136 valence electrons. The van der Waals surface area contributed by atoms with Gasteiger partial charge in [-0.05, 0) is 18.9 Å². The summed E-state index contributed by atoms with van der Waals surface area (Å²) in [5.41, 5.74) is 0. The summed E-state index contributed by atoms with van der Waals surface area (Å²) in [6, 6.07) is 1.68. The number of fused-ring (bicyclic) bond motifs is 1. The molecule has 0 spiro atoms. The predicted molar refractivity (Wildman–Crippen MR) is 78.1 cm³/mol. The Bertz CT molecular complexity index is 835. The number of nitrogens with zero attached hydrogens (tertiary/aromatic N) is 4. The first kappa shape index (κ1) is 17.6. The van der Waals surface area contributed by atoms with Crippen molar-refractivity contribution in [3.63, 3.8) is 0 Å². The molecule has 0 amide bonds. The molecule has 2 aromatic rings. The van der Waals surface area contributed by atoms with Crippen LogP contribution in [0.25, 0.3) is 0 Å². The molecular weight excluding hydrogens is 363 g/mol. The Morgan fingerprint density at radius 1 is 1.32 bits per heavy atom. The summed E-state index contributed by atoms with van der Waals surface area (Å²) in [6.45, 7) is -0.831. The second-order valence-corrected chi connectivity index (χ2v) is 7.11. The van der Waals surface area contributed by atoms with Crippen LogP contribution in [0.2, 0.25) is 0 Å². The third-order valence-electron chi connectivity index (χ3n) is 3.52. The topological polar surface area (TPSA) is 99.0 Å². The van der Waals surface area contributed by atoms with Gasteiger partial charge in [0, 0.05) is 12.6 Å². The van der Waals surface area contributed by atoms with Crippen LogP contribution in [0.1, 0.15) is 24.7 Å². The molecule has 0 saturated heterocycles. The molecule has 0 bridgehead atoms. The lowest BCUT2D eigenvalue weighted by Gasteiger charge is -2.22. The molecular formula is C13H14F3N5O3S. The molecule has 8 nitrogen and oxygen atoms in total. The highest BCUT2D eigenvalue weighted by Gasteiger charge is 2.29. The quantitative estimate of drug-likeness (QED) is 0.846. The molecule has 3 rings (SSSR count). The van der Waals surface area contributed by atoms with Crippen LogP contribution in [-0.2, 0) is 16.6 Å². The van der Waals surface area contributed by atoms with E-state index in [4.69, 9.17) is 0 Å². The van der Waals surface area contributed by atoms with Crippen LogP contribution in [0, 0.1) is 0 Å².